The third-order valence-corrected chi connectivity index (χ3v) is 4.39. The van der Waals surface area contributed by atoms with E-state index >= 15 is 0 Å². The minimum absolute atomic E-state index is 0.105. The summed E-state index contributed by atoms with van der Waals surface area (Å²) in [5.74, 6) is 1.00. The van der Waals surface area contributed by atoms with Gasteiger partial charge >= 0.3 is 5.69 Å². The van der Waals surface area contributed by atoms with Gasteiger partial charge in [-0.3, -0.25) is 10.1 Å². The molecule has 0 aliphatic heterocycles. The van der Waals surface area contributed by atoms with Crippen LogP contribution in [0.25, 0.3) is 0 Å². The van der Waals surface area contributed by atoms with E-state index in [9.17, 15) is 10.1 Å². The fourth-order valence-electron chi connectivity index (χ4n) is 2.43. The Hall–Kier alpha value is -2.95. The third-order valence-electron chi connectivity index (χ3n) is 3.67. The highest BCUT2D eigenvalue weighted by Gasteiger charge is 2.22. The predicted octanol–water partition coefficient (Wildman–Crippen LogP) is 4.79. The predicted molar refractivity (Wildman–Crippen MR) is 112 cm³/mol. The van der Waals surface area contributed by atoms with Crippen molar-refractivity contribution in [2.45, 2.75) is 6.92 Å². The van der Waals surface area contributed by atoms with Crippen LogP contribution in [0, 0.1) is 20.6 Å². The molecule has 2 aromatic carbocycles. The van der Waals surface area contributed by atoms with Gasteiger partial charge in [0.15, 0.2) is 0 Å². The molecule has 0 spiro atoms. The number of nitrogens with zero attached hydrogens (tertiary/aromatic N) is 3. The molecule has 3 rings (SSSR count). The minimum Gasteiger partial charge on any atom is -0.497 e. The topological polar surface area (TPSA) is 102 Å². The molecule has 1 heterocycles. The van der Waals surface area contributed by atoms with Crippen molar-refractivity contribution in [3.63, 3.8) is 0 Å². The van der Waals surface area contributed by atoms with Crippen LogP contribution in [0.5, 0.6) is 5.75 Å². The Bertz CT molecular complexity index is 979. The molecule has 0 amide bonds. The molecular weight excluding hydrogens is 461 g/mol. The van der Waals surface area contributed by atoms with Crippen LogP contribution in [0.4, 0.5) is 28.8 Å². The number of ether oxygens (including phenoxy) is 1. The zero-order valence-electron chi connectivity index (χ0n) is 14.6. The fourth-order valence-corrected chi connectivity index (χ4v) is 2.79. The molecule has 0 atom stereocenters. The molecule has 0 radical (unpaired) electrons. The number of rotatable bonds is 6. The number of aryl methyl sites for hydroxylation is 1. The molecule has 27 heavy (non-hydrogen) atoms. The van der Waals surface area contributed by atoms with Crippen LogP contribution >= 0.6 is 22.6 Å². The minimum atomic E-state index is -0.494. The average molecular weight is 477 g/mol. The molecule has 0 saturated carbocycles. The highest BCUT2D eigenvalue weighted by atomic mass is 127. The smallest absolute Gasteiger partial charge is 0.332 e. The van der Waals surface area contributed by atoms with E-state index in [0.29, 0.717) is 11.4 Å². The van der Waals surface area contributed by atoms with Gasteiger partial charge in [0.2, 0.25) is 11.8 Å². The van der Waals surface area contributed by atoms with Crippen molar-refractivity contribution in [3.8, 4) is 5.75 Å². The first-order valence-corrected chi connectivity index (χ1v) is 9.01. The number of nitro groups is 1. The van der Waals surface area contributed by atoms with Crippen LogP contribution < -0.4 is 15.4 Å². The number of nitrogens with one attached hydrogen (secondary N) is 2. The zero-order valence-corrected chi connectivity index (χ0v) is 16.7. The summed E-state index contributed by atoms with van der Waals surface area (Å²) < 4.78 is 6.28. The molecule has 0 fully saturated rings. The number of methoxy groups -OCH3 is 1. The van der Waals surface area contributed by atoms with Crippen LogP contribution in [0.2, 0.25) is 0 Å². The van der Waals surface area contributed by atoms with Gasteiger partial charge < -0.3 is 15.4 Å². The maximum absolute atomic E-state index is 11.5. The molecule has 2 N–H and O–H groups in total. The Balaban J connectivity index is 1.97. The normalized spacial score (nSPS) is 10.3. The first kappa shape index (κ1) is 18.8. The van der Waals surface area contributed by atoms with Gasteiger partial charge in [-0.05, 0) is 65.9 Å². The van der Waals surface area contributed by atoms with Crippen molar-refractivity contribution in [2.24, 2.45) is 0 Å². The highest BCUT2D eigenvalue weighted by Crippen LogP contribution is 2.31. The van der Waals surface area contributed by atoms with Crippen molar-refractivity contribution < 1.29 is 9.66 Å². The molecule has 0 aliphatic rings. The van der Waals surface area contributed by atoms with Gasteiger partial charge in [-0.1, -0.05) is 6.07 Å². The van der Waals surface area contributed by atoms with Crippen molar-refractivity contribution >= 4 is 51.4 Å². The molecule has 0 saturated heterocycles. The summed E-state index contributed by atoms with van der Waals surface area (Å²) in [5.41, 5.74) is 1.49. The quantitative estimate of drug-likeness (QED) is 0.299. The van der Waals surface area contributed by atoms with Gasteiger partial charge in [0.05, 0.1) is 12.0 Å². The van der Waals surface area contributed by atoms with E-state index < -0.39 is 4.92 Å². The second-order valence-electron chi connectivity index (χ2n) is 5.58. The van der Waals surface area contributed by atoms with E-state index in [1.807, 2.05) is 24.3 Å². The molecule has 0 bridgehead atoms. The summed E-state index contributed by atoms with van der Waals surface area (Å²) in [6.07, 6.45) is 0. The molecule has 3 aromatic rings. The summed E-state index contributed by atoms with van der Waals surface area (Å²) in [6, 6.07) is 14.7. The number of halogens is 1. The molecule has 138 valence electrons. The number of aromatic nitrogens is 2. The fraction of sp³-hybridized carbons (Fsp3) is 0.111. The number of benzene rings is 2. The summed E-state index contributed by atoms with van der Waals surface area (Å²) in [5, 5.41) is 17.6. The zero-order chi connectivity index (χ0) is 19.4. The van der Waals surface area contributed by atoms with E-state index in [1.54, 1.807) is 38.3 Å². The molecular formula is C18H16IN5O3. The Labute approximate surface area is 169 Å². The van der Waals surface area contributed by atoms with Crippen LogP contribution in [-0.2, 0) is 0 Å². The summed E-state index contributed by atoms with van der Waals surface area (Å²) in [6.45, 7) is 1.58. The van der Waals surface area contributed by atoms with Crippen molar-refractivity contribution in [3.05, 3.63) is 67.9 Å². The standard InChI is InChI=1S/C18H16IN5O3/c1-11-16(24(25)26)17(21-14-4-3-5-15(10-14)27-2)23-18(20-11)22-13-8-6-12(19)7-9-13/h3-10H,1-2H3,(H2,20,21,22,23). The Kier molecular flexibility index (Phi) is 5.69. The lowest BCUT2D eigenvalue weighted by Crippen LogP contribution is -2.07. The number of hydrogen-bond acceptors (Lipinski definition) is 7. The van der Waals surface area contributed by atoms with Gasteiger partial charge in [0.25, 0.3) is 0 Å². The van der Waals surface area contributed by atoms with E-state index in [2.05, 4.69) is 43.2 Å². The van der Waals surface area contributed by atoms with Crippen molar-refractivity contribution in [2.75, 3.05) is 17.7 Å². The third kappa shape index (κ3) is 4.61. The summed E-state index contributed by atoms with van der Waals surface area (Å²) in [4.78, 5) is 19.5. The van der Waals surface area contributed by atoms with Crippen LogP contribution in [0.1, 0.15) is 5.69 Å². The Morgan fingerprint density at radius 2 is 1.81 bits per heavy atom. The summed E-state index contributed by atoms with van der Waals surface area (Å²) in [7, 11) is 1.56. The molecule has 1 aromatic heterocycles. The lowest BCUT2D eigenvalue weighted by Gasteiger charge is -2.11. The largest absolute Gasteiger partial charge is 0.497 e. The molecule has 0 unspecified atom stereocenters. The SMILES string of the molecule is COc1cccc(Nc2nc(Nc3ccc(I)cc3)nc(C)c2[N+](=O)[O-])c1. The van der Waals surface area contributed by atoms with Gasteiger partial charge in [0.1, 0.15) is 11.4 Å². The van der Waals surface area contributed by atoms with E-state index in [-0.39, 0.29) is 23.1 Å². The highest BCUT2D eigenvalue weighted by molar-refractivity contribution is 14.1. The lowest BCUT2D eigenvalue weighted by atomic mass is 10.3. The van der Waals surface area contributed by atoms with E-state index in [1.165, 1.54) is 0 Å². The lowest BCUT2D eigenvalue weighted by molar-refractivity contribution is -0.385. The average Bonchev–Trinajstić information content (AvgIpc) is 2.63. The first-order valence-electron chi connectivity index (χ1n) is 7.93. The monoisotopic (exact) mass is 477 g/mol. The molecule has 9 heteroatoms. The Morgan fingerprint density at radius 3 is 2.48 bits per heavy atom. The summed E-state index contributed by atoms with van der Waals surface area (Å²) >= 11 is 2.21. The maximum Gasteiger partial charge on any atom is 0.332 e. The maximum atomic E-state index is 11.5. The van der Waals surface area contributed by atoms with Crippen LogP contribution in [0.3, 0.4) is 0 Å². The number of anilines is 4. The van der Waals surface area contributed by atoms with Gasteiger partial charge in [-0.2, -0.15) is 4.98 Å². The van der Waals surface area contributed by atoms with Crippen LogP contribution in [0.15, 0.2) is 48.5 Å². The second kappa shape index (κ2) is 8.16. The van der Waals surface area contributed by atoms with Gasteiger partial charge in [-0.25, -0.2) is 4.98 Å². The first-order chi connectivity index (χ1) is 13.0. The van der Waals surface area contributed by atoms with E-state index in [0.717, 1.165) is 9.26 Å². The van der Waals surface area contributed by atoms with Gasteiger partial charge in [0, 0.05) is 21.0 Å². The van der Waals surface area contributed by atoms with E-state index in [4.69, 9.17) is 4.74 Å². The Morgan fingerprint density at radius 1 is 1.07 bits per heavy atom. The molecule has 8 nitrogen and oxygen atoms in total. The van der Waals surface area contributed by atoms with Crippen molar-refractivity contribution in [1.29, 1.82) is 0 Å². The molecule has 0 aliphatic carbocycles. The second-order valence-corrected chi connectivity index (χ2v) is 6.82. The van der Waals surface area contributed by atoms with Gasteiger partial charge in [-0.15, -0.1) is 0 Å². The number of hydrogen-bond donors (Lipinski definition) is 2. The van der Waals surface area contributed by atoms with Crippen LogP contribution in [-0.4, -0.2) is 22.0 Å². The van der Waals surface area contributed by atoms with Crippen molar-refractivity contribution in [1.82, 2.24) is 9.97 Å².